The molecule has 0 aromatic rings. The van der Waals surface area contributed by atoms with Gasteiger partial charge >= 0.3 is 13.8 Å². The lowest BCUT2D eigenvalue weighted by Crippen LogP contribution is -2.37. The molecular weight excluding hydrogens is 806 g/mol. The summed E-state index contributed by atoms with van der Waals surface area (Å²) in [6, 6.07) is 0. The van der Waals surface area contributed by atoms with E-state index in [0.29, 0.717) is 24.1 Å². The van der Waals surface area contributed by atoms with Crippen LogP contribution in [-0.4, -0.2) is 75.6 Å². The largest absolute Gasteiger partial charge is 0.472 e. The number of phosphoric acid groups is 1. The molecule has 0 spiro atoms. The van der Waals surface area contributed by atoms with Crippen LogP contribution in [0.4, 0.5) is 0 Å². The van der Waals surface area contributed by atoms with Gasteiger partial charge in [0.2, 0.25) is 0 Å². The molecule has 0 aromatic carbocycles. The highest BCUT2D eigenvalue weighted by Gasteiger charge is 2.26. The van der Waals surface area contributed by atoms with E-state index in [1.54, 1.807) is 0 Å². The Morgan fingerprint density at radius 3 is 1.40 bits per heavy atom. The molecule has 0 aliphatic carbocycles. The Kier molecular flexibility index (Phi) is 44.5. The predicted molar refractivity (Wildman–Crippen MR) is 270 cm³/mol. The molecule has 63 heavy (non-hydrogen) atoms. The Hall–Kier alpha value is -2.32. The predicted octanol–water partition coefficient (Wildman–Crippen LogP) is 15.6. The second-order valence-corrected chi connectivity index (χ2v) is 19.3. The van der Waals surface area contributed by atoms with Gasteiger partial charge in [0, 0.05) is 13.0 Å². The number of likely N-dealkylation sites (N-methyl/N-ethyl adjacent to an activating group) is 1. The van der Waals surface area contributed by atoms with Gasteiger partial charge in [-0.1, -0.05) is 182 Å². The van der Waals surface area contributed by atoms with E-state index >= 15 is 0 Å². The number of nitrogens with zero attached hydrogens (tertiary/aromatic N) is 1. The minimum absolute atomic E-state index is 0.0801. The maximum absolute atomic E-state index is 12.8. The fraction of sp³-hybridized carbons (Fsp3) is 0.722. The smallest absolute Gasteiger partial charge is 0.457 e. The molecule has 9 heteroatoms. The molecule has 2 atom stereocenters. The van der Waals surface area contributed by atoms with Crippen LogP contribution >= 0.6 is 7.82 Å². The Bertz CT molecular complexity index is 1280. The summed E-state index contributed by atoms with van der Waals surface area (Å²) in [6.07, 6.45) is 61.9. The van der Waals surface area contributed by atoms with Gasteiger partial charge in [-0.3, -0.25) is 13.8 Å². The van der Waals surface area contributed by atoms with Crippen molar-refractivity contribution in [3.05, 3.63) is 85.1 Å². The summed E-state index contributed by atoms with van der Waals surface area (Å²) >= 11 is 0. The zero-order valence-electron chi connectivity index (χ0n) is 41.3. The molecule has 0 aromatic heterocycles. The Morgan fingerprint density at radius 2 is 0.921 bits per heavy atom. The average molecular weight is 903 g/mol. The van der Waals surface area contributed by atoms with Gasteiger partial charge in [-0.2, -0.15) is 0 Å². The van der Waals surface area contributed by atoms with Crippen molar-refractivity contribution in [3.63, 3.8) is 0 Å². The molecule has 2 unspecified atom stereocenters. The maximum atomic E-state index is 12.8. The zero-order chi connectivity index (χ0) is 46.2. The number of carbonyl (C=O) groups excluding carboxylic acids is 1. The van der Waals surface area contributed by atoms with Crippen LogP contribution < -0.4 is 0 Å². The summed E-state index contributed by atoms with van der Waals surface area (Å²) in [5.74, 6) is -0.333. The number of unbranched alkanes of at least 4 members (excludes halogenated alkanes) is 18. The number of carbonyl (C=O) groups is 1. The van der Waals surface area contributed by atoms with Crippen molar-refractivity contribution in [1.29, 1.82) is 0 Å². The Balaban J connectivity index is 4.21. The first kappa shape index (κ1) is 60.7. The third kappa shape index (κ3) is 50.5. The van der Waals surface area contributed by atoms with Crippen molar-refractivity contribution in [1.82, 2.24) is 0 Å². The Morgan fingerprint density at radius 1 is 0.508 bits per heavy atom. The van der Waals surface area contributed by atoms with E-state index in [1.165, 1.54) is 89.9 Å². The summed E-state index contributed by atoms with van der Waals surface area (Å²) < 4.78 is 35.1. The fourth-order valence-electron chi connectivity index (χ4n) is 6.55. The van der Waals surface area contributed by atoms with Gasteiger partial charge in [-0.25, -0.2) is 4.57 Å². The van der Waals surface area contributed by atoms with E-state index in [9.17, 15) is 14.3 Å². The molecule has 0 saturated carbocycles. The third-order valence-electron chi connectivity index (χ3n) is 10.4. The molecule has 364 valence electrons. The molecule has 0 saturated heterocycles. The lowest BCUT2D eigenvalue weighted by Gasteiger charge is -2.24. The Labute approximate surface area is 388 Å². The van der Waals surface area contributed by atoms with Gasteiger partial charge in [0.25, 0.3) is 0 Å². The van der Waals surface area contributed by atoms with Crippen LogP contribution in [0.5, 0.6) is 0 Å². The summed E-state index contributed by atoms with van der Waals surface area (Å²) in [7, 11) is 1.64. The van der Waals surface area contributed by atoms with Crippen LogP contribution in [0.1, 0.15) is 194 Å². The number of allylic oxidation sites excluding steroid dienone is 14. The summed E-state index contributed by atoms with van der Waals surface area (Å²) in [4.78, 5) is 23.0. The third-order valence-corrected chi connectivity index (χ3v) is 11.4. The van der Waals surface area contributed by atoms with E-state index < -0.39 is 13.9 Å². The van der Waals surface area contributed by atoms with Crippen molar-refractivity contribution in [2.24, 2.45) is 0 Å². The normalized spacial score (nSPS) is 14.3. The highest BCUT2D eigenvalue weighted by molar-refractivity contribution is 7.47. The van der Waals surface area contributed by atoms with Crippen molar-refractivity contribution in [3.8, 4) is 0 Å². The van der Waals surface area contributed by atoms with Gasteiger partial charge in [0.05, 0.1) is 34.4 Å². The molecular formula is C54H97NO7P+. The monoisotopic (exact) mass is 903 g/mol. The van der Waals surface area contributed by atoms with Gasteiger partial charge in [0.15, 0.2) is 0 Å². The number of phosphoric ester groups is 1. The lowest BCUT2D eigenvalue weighted by atomic mass is 10.1. The van der Waals surface area contributed by atoms with Crippen molar-refractivity contribution in [2.75, 3.05) is 54.1 Å². The van der Waals surface area contributed by atoms with Crippen LogP contribution in [0.2, 0.25) is 0 Å². The SMILES string of the molecule is CC/C=C\C/C=C\C/C=C\C/C=C\C/C=C\C/C=C\CCCCCCCCC(=O)OC(COCCCCCCCC/C=C\CCCCCCCC)COP(=O)(O)OCC[N+](C)(C)C. The second kappa shape index (κ2) is 46.2. The lowest BCUT2D eigenvalue weighted by molar-refractivity contribution is -0.870. The average Bonchev–Trinajstić information content (AvgIpc) is 3.24. The van der Waals surface area contributed by atoms with Gasteiger partial charge in [0.1, 0.15) is 19.3 Å². The van der Waals surface area contributed by atoms with Gasteiger partial charge in [-0.05, 0) is 89.9 Å². The number of hydrogen-bond donors (Lipinski definition) is 1. The molecule has 8 nitrogen and oxygen atoms in total. The van der Waals surface area contributed by atoms with Gasteiger partial charge < -0.3 is 18.9 Å². The molecule has 0 amide bonds. The fourth-order valence-corrected chi connectivity index (χ4v) is 7.29. The highest BCUT2D eigenvalue weighted by Crippen LogP contribution is 2.43. The molecule has 0 heterocycles. The highest BCUT2D eigenvalue weighted by atomic mass is 31.2. The molecule has 0 bridgehead atoms. The first-order valence-corrected chi connectivity index (χ1v) is 26.8. The molecule has 0 aliphatic rings. The van der Waals surface area contributed by atoms with Crippen molar-refractivity contribution in [2.45, 2.75) is 200 Å². The summed E-state index contributed by atoms with van der Waals surface area (Å²) in [5.41, 5.74) is 0. The summed E-state index contributed by atoms with van der Waals surface area (Å²) in [5, 5.41) is 0. The van der Waals surface area contributed by atoms with Crippen LogP contribution in [0.3, 0.4) is 0 Å². The van der Waals surface area contributed by atoms with E-state index in [-0.39, 0.29) is 25.8 Å². The number of rotatable bonds is 46. The maximum Gasteiger partial charge on any atom is 0.472 e. The van der Waals surface area contributed by atoms with Crippen LogP contribution in [-0.2, 0) is 27.9 Å². The minimum atomic E-state index is -4.29. The van der Waals surface area contributed by atoms with Crippen molar-refractivity contribution < 1.29 is 37.3 Å². The molecule has 0 fully saturated rings. The van der Waals surface area contributed by atoms with E-state index in [0.717, 1.165) is 83.5 Å². The number of hydrogen-bond acceptors (Lipinski definition) is 6. The summed E-state index contributed by atoms with van der Waals surface area (Å²) in [6.45, 7) is 5.46. The quantitative estimate of drug-likeness (QED) is 0.0214. The molecule has 0 radical (unpaired) electrons. The number of ether oxygens (including phenoxy) is 2. The van der Waals surface area contributed by atoms with Crippen LogP contribution in [0.15, 0.2) is 85.1 Å². The standard InChI is InChI=1S/C54H96NO7P/c1-6-8-10-12-14-16-18-20-22-24-25-26-27-28-29-30-31-32-33-35-37-39-41-43-45-47-54(56)62-53(52-61-63(57,58)60-50-48-55(3,4)5)51-59-49-46-44-42-40-38-36-34-23-21-19-17-15-13-11-9-7-2/h8,10,14,16,20-23,25-26,28-29,31-32,53H,6-7,9,11-13,15,17-19,24,27,30,33-52H2,1-5H3/p+1/b10-8-,16-14-,22-20-,23-21-,26-25-,29-28-,32-31-. The van der Waals surface area contributed by atoms with Gasteiger partial charge in [-0.15, -0.1) is 0 Å². The zero-order valence-corrected chi connectivity index (χ0v) is 42.2. The topological polar surface area (TPSA) is 91.3 Å². The molecule has 0 aliphatic heterocycles. The van der Waals surface area contributed by atoms with E-state index in [4.69, 9.17) is 18.5 Å². The number of esters is 1. The first-order chi connectivity index (χ1) is 30.6. The minimum Gasteiger partial charge on any atom is -0.457 e. The van der Waals surface area contributed by atoms with E-state index in [1.807, 2.05) is 21.1 Å². The van der Waals surface area contributed by atoms with E-state index in [2.05, 4.69) is 98.9 Å². The van der Waals surface area contributed by atoms with Crippen molar-refractivity contribution >= 4 is 13.8 Å². The molecule has 1 N–H and O–H groups in total. The first-order valence-electron chi connectivity index (χ1n) is 25.3. The second-order valence-electron chi connectivity index (χ2n) is 17.8. The van der Waals surface area contributed by atoms with Crippen LogP contribution in [0, 0.1) is 0 Å². The molecule has 0 rings (SSSR count). The number of quaternary nitrogens is 1. The van der Waals surface area contributed by atoms with Crippen LogP contribution in [0.25, 0.3) is 0 Å².